The molecule has 1 aromatic heterocycles. The second kappa shape index (κ2) is 8.93. The van der Waals surface area contributed by atoms with Crippen LogP contribution in [0.3, 0.4) is 0 Å². The fourth-order valence-corrected chi connectivity index (χ4v) is 3.32. The number of amides is 1. The average Bonchev–Trinajstić information content (AvgIpc) is 2.71. The van der Waals surface area contributed by atoms with Crippen LogP contribution in [0.25, 0.3) is 0 Å². The molecule has 3 rings (SSSR count). The summed E-state index contributed by atoms with van der Waals surface area (Å²) in [5.41, 5.74) is 3.74. The number of hydrogen-bond acceptors (Lipinski definition) is 6. The van der Waals surface area contributed by atoms with E-state index >= 15 is 0 Å². The van der Waals surface area contributed by atoms with E-state index < -0.39 is 0 Å². The smallest absolute Gasteiger partial charge is 0.255 e. The van der Waals surface area contributed by atoms with Crippen LogP contribution in [0.2, 0.25) is 0 Å². The maximum Gasteiger partial charge on any atom is 0.255 e. The second-order valence-corrected chi connectivity index (χ2v) is 7.14. The number of likely N-dealkylation sites (N-methyl/N-ethyl adjacent to an activating group) is 1. The van der Waals surface area contributed by atoms with Crippen LogP contribution in [0.15, 0.2) is 30.6 Å². The zero-order valence-corrected chi connectivity index (χ0v) is 17.0. The SMILES string of the molecule is COc1cc2c(cc1OC)CN(C(=O)c1cncc(NCCN(C)C)c1)CC2. The summed E-state index contributed by atoms with van der Waals surface area (Å²) >= 11 is 0. The number of fused-ring (bicyclic) bond motifs is 1. The summed E-state index contributed by atoms with van der Waals surface area (Å²) in [4.78, 5) is 21.2. The molecular formula is C21H28N4O3. The van der Waals surface area contributed by atoms with E-state index in [0.717, 1.165) is 36.5 Å². The fraction of sp³-hybridized carbons (Fsp3) is 0.429. The van der Waals surface area contributed by atoms with Crippen LogP contribution in [0.4, 0.5) is 5.69 Å². The third-order valence-corrected chi connectivity index (χ3v) is 4.88. The lowest BCUT2D eigenvalue weighted by molar-refractivity contribution is 0.0734. The molecule has 1 aromatic carbocycles. The zero-order valence-electron chi connectivity index (χ0n) is 17.0. The Bertz CT molecular complexity index is 838. The standard InChI is InChI=1S/C21H28N4O3/c1-24(2)8-6-23-18-9-16(12-22-13-18)21(26)25-7-5-15-10-19(27-3)20(28-4)11-17(15)14-25/h9-13,23H,5-8,14H2,1-4H3. The van der Waals surface area contributed by atoms with Crippen molar-refractivity contribution in [2.75, 3.05) is 53.3 Å². The highest BCUT2D eigenvalue weighted by molar-refractivity contribution is 5.94. The van der Waals surface area contributed by atoms with Crippen molar-refractivity contribution in [2.24, 2.45) is 0 Å². The van der Waals surface area contributed by atoms with E-state index in [1.165, 1.54) is 5.56 Å². The summed E-state index contributed by atoms with van der Waals surface area (Å²) in [7, 11) is 7.31. The largest absolute Gasteiger partial charge is 0.493 e. The van der Waals surface area contributed by atoms with Gasteiger partial charge in [0.25, 0.3) is 5.91 Å². The quantitative estimate of drug-likeness (QED) is 0.790. The lowest BCUT2D eigenvalue weighted by Gasteiger charge is -2.29. The number of nitrogens with zero attached hydrogens (tertiary/aromatic N) is 3. The number of methoxy groups -OCH3 is 2. The Labute approximate surface area is 166 Å². The highest BCUT2D eigenvalue weighted by atomic mass is 16.5. The van der Waals surface area contributed by atoms with Gasteiger partial charge in [0.15, 0.2) is 11.5 Å². The van der Waals surface area contributed by atoms with E-state index in [2.05, 4.69) is 15.2 Å². The number of carbonyl (C=O) groups is 1. The normalized spacial score (nSPS) is 13.2. The fourth-order valence-electron chi connectivity index (χ4n) is 3.32. The maximum absolute atomic E-state index is 13.0. The summed E-state index contributed by atoms with van der Waals surface area (Å²) in [6.45, 7) is 2.92. The summed E-state index contributed by atoms with van der Waals surface area (Å²) < 4.78 is 10.8. The first kappa shape index (κ1) is 19.9. The molecule has 0 fully saturated rings. The van der Waals surface area contributed by atoms with Crippen LogP contribution in [0.1, 0.15) is 21.5 Å². The number of hydrogen-bond donors (Lipinski definition) is 1. The summed E-state index contributed by atoms with van der Waals surface area (Å²) in [6, 6.07) is 5.84. The van der Waals surface area contributed by atoms with Crippen LogP contribution < -0.4 is 14.8 Å². The summed E-state index contributed by atoms with van der Waals surface area (Å²) in [6.07, 6.45) is 4.16. The highest BCUT2D eigenvalue weighted by Gasteiger charge is 2.24. The first-order valence-electron chi connectivity index (χ1n) is 9.38. The summed E-state index contributed by atoms with van der Waals surface area (Å²) in [5.74, 6) is 1.40. The molecule has 1 amide bonds. The highest BCUT2D eigenvalue weighted by Crippen LogP contribution is 2.33. The van der Waals surface area contributed by atoms with E-state index in [0.29, 0.717) is 24.4 Å². The number of pyridine rings is 1. The van der Waals surface area contributed by atoms with Crippen molar-refractivity contribution in [3.63, 3.8) is 0 Å². The molecule has 7 nitrogen and oxygen atoms in total. The molecule has 2 aromatic rings. The van der Waals surface area contributed by atoms with E-state index in [-0.39, 0.29) is 5.91 Å². The first-order chi connectivity index (χ1) is 13.5. The zero-order chi connectivity index (χ0) is 20.1. The number of ether oxygens (including phenoxy) is 2. The van der Waals surface area contributed by atoms with Crippen molar-refractivity contribution in [2.45, 2.75) is 13.0 Å². The molecular weight excluding hydrogens is 356 g/mol. The molecule has 1 aliphatic rings. The average molecular weight is 384 g/mol. The van der Waals surface area contributed by atoms with Gasteiger partial charge in [0, 0.05) is 38.6 Å². The van der Waals surface area contributed by atoms with Gasteiger partial charge < -0.3 is 24.6 Å². The molecule has 7 heteroatoms. The van der Waals surface area contributed by atoms with Crippen molar-refractivity contribution < 1.29 is 14.3 Å². The van der Waals surface area contributed by atoms with E-state index in [9.17, 15) is 4.79 Å². The number of benzene rings is 1. The van der Waals surface area contributed by atoms with E-state index in [4.69, 9.17) is 9.47 Å². The van der Waals surface area contributed by atoms with Gasteiger partial charge in [-0.15, -0.1) is 0 Å². The predicted molar refractivity (Wildman–Crippen MR) is 109 cm³/mol. The Morgan fingerprint density at radius 3 is 2.54 bits per heavy atom. The van der Waals surface area contributed by atoms with Crippen LogP contribution in [-0.2, 0) is 13.0 Å². The van der Waals surface area contributed by atoms with Gasteiger partial charge in [-0.3, -0.25) is 9.78 Å². The van der Waals surface area contributed by atoms with Gasteiger partial charge in [-0.25, -0.2) is 0 Å². The molecule has 1 aliphatic heterocycles. The Morgan fingerprint density at radius 1 is 1.14 bits per heavy atom. The first-order valence-corrected chi connectivity index (χ1v) is 9.38. The Morgan fingerprint density at radius 2 is 1.86 bits per heavy atom. The molecule has 150 valence electrons. The molecule has 0 saturated heterocycles. The molecule has 0 bridgehead atoms. The van der Waals surface area contributed by atoms with Crippen molar-refractivity contribution in [1.29, 1.82) is 0 Å². The Kier molecular flexibility index (Phi) is 6.36. The lowest BCUT2D eigenvalue weighted by atomic mass is 9.98. The van der Waals surface area contributed by atoms with Crippen LogP contribution >= 0.6 is 0 Å². The van der Waals surface area contributed by atoms with Gasteiger partial charge in [0.2, 0.25) is 0 Å². The minimum absolute atomic E-state index is 0.0100. The van der Waals surface area contributed by atoms with Gasteiger partial charge in [0.05, 0.1) is 25.5 Å². The number of anilines is 1. The van der Waals surface area contributed by atoms with Crippen LogP contribution in [0, 0.1) is 0 Å². The van der Waals surface area contributed by atoms with Crippen molar-refractivity contribution in [3.8, 4) is 11.5 Å². The Hall–Kier alpha value is -2.80. The number of rotatable bonds is 7. The number of carbonyl (C=O) groups excluding carboxylic acids is 1. The molecule has 0 radical (unpaired) electrons. The van der Waals surface area contributed by atoms with Gasteiger partial charge in [0.1, 0.15) is 0 Å². The molecule has 0 spiro atoms. The van der Waals surface area contributed by atoms with Crippen molar-refractivity contribution >= 4 is 11.6 Å². The molecule has 0 aliphatic carbocycles. The third kappa shape index (κ3) is 4.54. The monoisotopic (exact) mass is 384 g/mol. The van der Waals surface area contributed by atoms with Crippen LogP contribution in [0.5, 0.6) is 11.5 Å². The lowest BCUT2D eigenvalue weighted by Crippen LogP contribution is -2.36. The summed E-state index contributed by atoms with van der Waals surface area (Å²) in [5, 5.41) is 3.31. The van der Waals surface area contributed by atoms with E-state index in [1.807, 2.05) is 37.2 Å². The topological polar surface area (TPSA) is 66.9 Å². The van der Waals surface area contributed by atoms with Gasteiger partial charge in [-0.05, 0) is 49.8 Å². The molecule has 0 unspecified atom stereocenters. The molecule has 0 atom stereocenters. The van der Waals surface area contributed by atoms with Crippen molar-refractivity contribution in [3.05, 3.63) is 47.3 Å². The molecule has 28 heavy (non-hydrogen) atoms. The third-order valence-electron chi connectivity index (χ3n) is 4.88. The predicted octanol–water partition coefficient (Wildman–Crippen LogP) is 2.27. The molecule has 1 N–H and O–H groups in total. The van der Waals surface area contributed by atoms with Crippen molar-refractivity contribution in [1.82, 2.24) is 14.8 Å². The molecule has 2 heterocycles. The maximum atomic E-state index is 13.0. The second-order valence-electron chi connectivity index (χ2n) is 7.14. The number of nitrogens with one attached hydrogen (secondary N) is 1. The van der Waals surface area contributed by atoms with Crippen LogP contribution in [-0.4, -0.2) is 68.6 Å². The molecule has 0 saturated carbocycles. The number of aromatic nitrogens is 1. The van der Waals surface area contributed by atoms with Gasteiger partial charge in [-0.2, -0.15) is 0 Å². The Balaban J connectivity index is 1.72. The minimum Gasteiger partial charge on any atom is -0.493 e. The van der Waals surface area contributed by atoms with Gasteiger partial charge in [-0.1, -0.05) is 0 Å². The van der Waals surface area contributed by atoms with Gasteiger partial charge >= 0.3 is 0 Å². The van der Waals surface area contributed by atoms with E-state index in [1.54, 1.807) is 26.6 Å². The minimum atomic E-state index is -0.0100.